The van der Waals surface area contributed by atoms with Crippen molar-refractivity contribution in [2.45, 2.75) is 65.5 Å². The number of hydrogen-bond donors (Lipinski definition) is 2. The second-order valence-corrected chi connectivity index (χ2v) is 6.31. The van der Waals surface area contributed by atoms with Crippen molar-refractivity contribution < 1.29 is 4.79 Å². The quantitative estimate of drug-likeness (QED) is 0.864. The van der Waals surface area contributed by atoms with Gasteiger partial charge < -0.3 is 11.1 Å². The first-order valence-electron chi connectivity index (χ1n) is 7.86. The van der Waals surface area contributed by atoms with Crippen LogP contribution in [0.2, 0.25) is 0 Å². The van der Waals surface area contributed by atoms with Crippen LogP contribution in [0.4, 0.5) is 0 Å². The van der Waals surface area contributed by atoms with Gasteiger partial charge in [-0.25, -0.2) is 9.97 Å². The van der Waals surface area contributed by atoms with Crippen molar-refractivity contribution in [2.24, 2.45) is 11.7 Å². The SMILES string of the molecule is Cc1nc(CNC(=O)[C@H](N)CC(C)C)nc2c1CCCC2. The second kappa shape index (κ2) is 6.98. The van der Waals surface area contributed by atoms with Crippen molar-refractivity contribution in [3.8, 4) is 0 Å². The zero-order valence-electron chi connectivity index (χ0n) is 13.3. The molecule has 0 saturated heterocycles. The minimum absolute atomic E-state index is 0.123. The fraction of sp³-hybridized carbons (Fsp3) is 0.688. The largest absolute Gasteiger partial charge is 0.347 e. The molecule has 1 aromatic rings. The van der Waals surface area contributed by atoms with Crippen LogP contribution in [0.25, 0.3) is 0 Å². The molecule has 0 spiro atoms. The summed E-state index contributed by atoms with van der Waals surface area (Å²) in [6.45, 7) is 6.51. The lowest BCUT2D eigenvalue weighted by atomic mass is 9.95. The molecule has 1 aliphatic rings. The van der Waals surface area contributed by atoms with Crippen LogP contribution in [0.3, 0.4) is 0 Å². The van der Waals surface area contributed by atoms with Crippen molar-refractivity contribution in [1.29, 1.82) is 0 Å². The normalized spacial score (nSPS) is 15.7. The molecule has 1 aromatic heterocycles. The van der Waals surface area contributed by atoms with Crippen LogP contribution >= 0.6 is 0 Å². The summed E-state index contributed by atoms with van der Waals surface area (Å²) in [5.74, 6) is 0.980. The van der Waals surface area contributed by atoms with Gasteiger partial charge in [-0.1, -0.05) is 13.8 Å². The highest BCUT2D eigenvalue weighted by Crippen LogP contribution is 2.21. The van der Waals surface area contributed by atoms with Crippen molar-refractivity contribution in [3.05, 3.63) is 22.8 Å². The van der Waals surface area contributed by atoms with E-state index in [1.165, 1.54) is 18.4 Å². The molecule has 1 atom stereocenters. The zero-order chi connectivity index (χ0) is 15.4. The van der Waals surface area contributed by atoms with Gasteiger partial charge in [0, 0.05) is 11.4 Å². The standard InChI is InChI=1S/C16H26N4O/c1-10(2)8-13(17)16(21)18-9-15-19-11(3)12-6-4-5-7-14(12)20-15/h10,13H,4-9,17H2,1-3H3,(H,18,21)/t13-/m1/s1. The van der Waals surface area contributed by atoms with Crippen LogP contribution in [0.5, 0.6) is 0 Å². The molecule has 0 fully saturated rings. The topological polar surface area (TPSA) is 80.9 Å². The molecule has 1 aliphatic carbocycles. The Balaban J connectivity index is 1.97. The number of carbonyl (C=O) groups is 1. The summed E-state index contributed by atoms with van der Waals surface area (Å²) in [5, 5.41) is 2.85. The van der Waals surface area contributed by atoms with Gasteiger partial charge in [-0.2, -0.15) is 0 Å². The number of rotatable bonds is 5. The lowest BCUT2D eigenvalue weighted by Crippen LogP contribution is -2.41. The van der Waals surface area contributed by atoms with E-state index in [0.29, 0.717) is 24.7 Å². The Bertz CT molecular complexity index is 513. The molecule has 0 bridgehead atoms. The molecule has 1 amide bonds. The van der Waals surface area contributed by atoms with Crippen LogP contribution in [0.15, 0.2) is 0 Å². The van der Waals surface area contributed by atoms with E-state index in [1.54, 1.807) is 0 Å². The molecule has 0 aliphatic heterocycles. The molecule has 116 valence electrons. The number of hydrogen-bond acceptors (Lipinski definition) is 4. The van der Waals surface area contributed by atoms with Crippen LogP contribution in [0.1, 0.15) is 55.9 Å². The first-order chi connectivity index (χ1) is 9.97. The third-order valence-electron chi connectivity index (χ3n) is 3.92. The van der Waals surface area contributed by atoms with Crippen LogP contribution in [0, 0.1) is 12.8 Å². The van der Waals surface area contributed by atoms with Gasteiger partial charge in [-0.15, -0.1) is 0 Å². The predicted molar refractivity (Wildman–Crippen MR) is 82.7 cm³/mol. The van der Waals surface area contributed by atoms with Crippen molar-refractivity contribution in [1.82, 2.24) is 15.3 Å². The van der Waals surface area contributed by atoms with Gasteiger partial charge in [0.05, 0.1) is 12.6 Å². The monoisotopic (exact) mass is 290 g/mol. The van der Waals surface area contributed by atoms with Crippen LogP contribution in [-0.2, 0) is 24.2 Å². The van der Waals surface area contributed by atoms with E-state index >= 15 is 0 Å². The third-order valence-corrected chi connectivity index (χ3v) is 3.92. The summed E-state index contributed by atoms with van der Waals surface area (Å²) >= 11 is 0. The summed E-state index contributed by atoms with van der Waals surface area (Å²) < 4.78 is 0. The van der Waals surface area contributed by atoms with Gasteiger partial charge in [0.25, 0.3) is 0 Å². The molecular weight excluding hydrogens is 264 g/mol. The minimum atomic E-state index is -0.455. The van der Waals surface area contributed by atoms with E-state index in [1.807, 2.05) is 6.92 Å². The lowest BCUT2D eigenvalue weighted by molar-refractivity contribution is -0.122. The second-order valence-electron chi connectivity index (χ2n) is 6.31. The molecular formula is C16H26N4O. The van der Waals surface area contributed by atoms with Crippen LogP contribution < -0.4 is 11.1 Å². The molecule has 2 rings (SSSR count). The van der Waals surface area contributed by atoms with Gasteiger partial charge in [-0.3, -0.25) is 4.79 Å². The van der Waals surface area contributed by atoms with Gasteiger partial charge in [0.2, 0.25) is 5.91 Å². The maximum Gasteiger partial charge on any atom is 0.237 e. The summed E-state index contributed by atoms with van der Waals surface area (Å²) in [5.41, 5.74) is 9.38. The summed E-state index contributed by atoms with van der Waals surface area (Å²) in [6.07, 6.45) is 5.20. The average molecular weight is 290 g/mol. The van der Waals surface area contributed by atoms with Gasteiger partial charge in [0.1, 0.15) is 5.82 Å². The third kappa shape index (κ3) is 4.24. The molecule has 5 heteroatoms. The summed E-state index contributed by atoms with van der Waals surface area (Å²) in [4.78, 5) is 21.0. The first-order valence-corrected chi connectivity index (χ1v) is 7.86. The predicted octanol–water partition coefficient (Wildman–Crippen LogP) is 1.65. The van der Waals surface area contributed by atoms with E-state index in [2.05, 4.69) is 29.1 Å². The zero-order valence-corrected chi connectivity index (χ0v) is 13.3. The van der Waals surface area contributed by atoms with Crippen molar-refractivity contribution in [2.75, 3.05) is 0 Å². The number of nitrogens with zero attached hydrogens (tertiary/aromatic N) is 2. The van der Waals surface area contributed by atoms with E-state index in [0.717, 1.165) is 24.2 Å². The molecule has 21 heavy (non-hydrogen) atoms. The molecule has 5 nitrogen and oxygen atoms in total. The Morgan fingerprint density at radius 1 is 1.29 bits per heavy atom. The smallest absolute Gasteiger partial charge is 0.237 e. The maximum atomic E-state index is 11.9. The number of carbonyl (C=O) groups excluding carboxylic acids is 1. The highest BCUT2D eigenvalue weighted by Gasteiger charge is 2.17. The van der Waals surface area contributed by atoms with Crippen molar-refractivity contribution >= 4 is 5.91 Å². The molecule has 0 radical (unpaired) electrons. The first kappa shape index (κ1) is 15.9. The van der Waals surface area contributed by atoms with Gasteiger partial charge >= 0.3 is 0 Å². The Kier molecular flexibility index (Phi) is 5.28. The molecule has 1 heterocycles. The Labute approximate surface area is 126 Å². The maximum absolute atomic E-state index is 11.9. The molecule has 0 unspecified atom stereocenters. The highest BCUT2D eigenvalue weighted by atomic mass is 16.2. The minimum Gasteiger partial charge on any atom is -0.347 e. The molecule has 0 saturated carbocycles. The fourth-order valence-corrected chi connectivity index (χ4v) is 2.84. The highest BCUT2D eigenvalue weighted by molar-refractivity contribution is 5.81. The molecule has 0 aromatic carbocycles. The number of amides is 1. The number of aryl methyl sites for hydroxylation is 2. The molecule has 3 N–H and O–H groups in total. The van der Waals surface area contributed by atoms with E-state index in [9.17, 15) is 4.79 Å². The van der Waals surface area contributed by atoms with Crippen LogP contribution in [-0.4, -0.2) is 21.9 Å². The Hall–Kier alpha value is -1.49. The number of nitrogens with two attached hydrogens (primary N) is 1. The van der Waals surface area contributed by atoms with E-state index in [-0.39, 0.29) is 5.91 Å². The van der Waals surface area contributed by atoms with Gasteiger partial charge in [-0.05, 0) is 50.5 Å². The fourth-order valence-electron chi connectivity index (χ4n) is 2.84. The Morgan fingerprint density at radius 2 is 2.00 bits per heavy atom. The average Bonchev–Trinajstić information content (AvgIpc) is 2.44. The van der Waals surface area contributed by atoms with Crippen molar-refractivity contribution in [3.63, 3.8) is 0 Å². The number of aromatic nitrogens is 2. The Morgan fingerprint density at radius 3 is 2.71 bits per heavy atom. The van der Waals surface area contributed by atoms with Gasteiger partial charge in [0.15, 0.2) is 0 Å². The van der Waals surface area contributed by atoms with E-state index < -0.39 is 6.04 Å². The summed E-state index contributed by atoms with van der Waals surface area (Å²) in [7, 11) is 0. The number of nitrogens with one attached hydrogen (secondary N) is 1. The summed E-state index contributed by atoms with van der Waals surface area (Å²) in [6, 6.07) is -0.455. The number of fused-ring (bicyclic) bond motifs is 1. The van der Waals surface area contributed by atoms with E-state index in [4.69, 9.17) is 5.73 Å². The lowest BCUT2D eigenvalue weighted by Gasteiger charge is -2.18.